The first kappa shape index (κ1) is 14.1. The van der Waals surface area contributed by atoms with E-state index in [1.165, 1.54) is 6.07 Å². The molecule has 0 atom stereocenters. The molecule has 0 spiro atoms. The second-order valence-corrected chi connectivity index (χ2v) is 5.78. The van der Waals surface area contributed by atoms with Crippen molar-refractivity contribution in [3.8, 4) is 16.9 Å². The molecule has 3 rings (SSSR count). The van der Waals surface area contributed by atoms with Crippen molar-refractivity contribution in [2.75, 3.05) is 5.73 Å². The van der Waals surface area contributed by atoms with Gasteiger partial charge in [-0.3, -0.25) is 0 Å². The molecule has 0 amide bonds. The molecule has 106 valence electrons. The smallest absolute Gasteiger partial charge is 0.137 e. The highest BCUT2D eigenvalue weighted by Crippen LogP contribution is 2.29. The molecule has 3 aromatic rings. The molecule has 21 heavy (non-hydrogen) atoms. The summed E-state index contributed by atoms with van der Waals surface area (Å²) in [6.45, 7) is 0. The Morgan fingerprint density at radius 2 is 2.00 bits per heavy atom. The summed E-state index contributed by atoms with van der Waals surface area (Å²) in [6, 6.07) is 12.0. The van der Waals surface area contributed by atoms with Gasteiger partial charge < -0.3 is 5.73 Å². The molecule has 6 heteroatoms. The van der Waals surface area contributed by atoms with Gasteiger partial charge in [-0.2, -0.15) is 5.10 Å². The standard InChI is InChI=1S/C15H10BrClFN3/c16-12-6-9(4-5-13(12)18)15-14(19)8-21(20-15)11-3-1-2-10(17)7-11/h1-8H,19H2. The topological polar surface area (TPSA) is 43.8 Å². The van der Waals surface area contributed by atoms with Gasteiger partial charge in [-0.05, 0) is 52.3 Å². The van der Waals surface area contributed by atoms with Gasteiger partial charge in [0.15, 0.2) is 0 Å². The van der Waals surface area contributed by atoms with E-state index in [0.29, 0.717) is 20.9 Å². The van der Waals surface area contributed by atoms with Crippen molar-refractivity contribution >= 4 is 33.2 Å². The Balaban J connectivity index is 2.07. The predicted octanol–water partition coefficient (Wildman–Crippen LogP) is 4.68. The van der Waals surface area contributed by atoms with Gasteiger partial charge in [-0.1, -0.05) is 17.7 Å². The normalized spacial score (nSPS) is 10.8. The molecule has 2 aromatic carbocycles. The number of hydrogen-bond donors (Lipinski definition) is 1. The van der Waals surface area contributed by atoms with E-state index in [-0.39, 0.29) is 5.82 Å². The number of nitrogens with two attached hydrogens (primary N) is 1. The van der Waals surface area contributed by atoms with E-state index >= 15 is 0 Å². The van der Waals surface area contributed by atoms with Gasteiger partial charge in [0.1, 0.15) is 11.5 Å². The van der Waals surface area contributed by atoms with Gasteiger partial charge in [0.05, 0.1) is 22.0 Å². The number of nitrogen functional groups attached to an aromatic ring is 1. The Morgan fingerprint density at radius 1 is 1.19 bits per heavy atom. The molecular formula is C15H10BrClFN3. The second-order valence-electron chi connectivity index (χ2n) is 4.49. The number of halogens is 3. The first-order valence-electron chi connectivity index (χ1n) is 6.11. The van der Waals surface area contributed by atoms with Crippen LogP contribution in [0.2, 0.25) is 5.02 Å². The van der Waals surface area contributed by atoms with Crippen molar-refractivity contribution in [2.45, 2.75) is 0 Å². The molecule has 0 saturated carbocycles. The number of benzene rings is 2. The van der Waals surface area contributed by atoms with Gasteiger partial charge in [0.2, 0.25) is 0 Å². The van der Waals surface area contributed by atoms with Crippen molar-refractivity contribution in [2.24, 2.45) is 0 Å². The van der Waals surface area contributed by atoms with Gasteiger partial charge in [0.25, 0.3) is 0 Å². The molecule has 0 aliphatic heterocycles. The minimum absolute atomic E-state index is 0.327. The van der Waals surface area contributed by atoms with E-state index in [9.17, 15) is 4.39 Å². The summed E-state index contributed by atoms with van der Waals surface area (Å²) in [5, 5.41) is 5.07. The van der Waals surface area contributed by atoms with Crippen LogP contribution in [0.15, 0.2) is 53.1 Å². The Labute approximate surface area is 134 Å². The van der Waals surface area contributed by atoms with Crippen LogP contribution in [0.1, 0.15) is 0 Å². The number of hydrogen-bond acceptors (Lipinski definition) is 2. The molecule has 0 bridgehead atoms. The fraction of sp³-hybridized carbons (Fsp3) is 0. The largest absolute Gasteiger partial charge is 0.396 e. The third-order valence-electron chi connectivity index (χ3n) is 3.01. The maximum absolute atomic E-state index is 13.3. The van der Waals surface area contributed by atoms with Crippen LogP contribution < -0.4 is 5.73 Å². The molecule has 0 radical (unpaired) electrons. The molecule has 0 aliphatic rings. The first-order chi connectivity index (χ1) is 10.0. The van der Waals surface area contributed by atoms with Crippen LogP contribution in [0, 0.1) is 5.82 Å². The summed E-state index contributed by atoms with van der Waals surface area (Å²) in [6.07, 6.45) is 1.71. The first-order valence-corrected chi connectivity index (χ1v) is 7.28. The van der Waals surface area contributed by atoms with Gasteiger partial charge >= 0.3 is 0 Å². The minimum Gasteiger partial charge on any atom is -0.396 e. The van der Waals surface area contributed by atoms with Crippen LogP contribution >= 0.6 is 27.5 Å². The van der Waals surface area contributed by atoms with Crippen LogP contribution in [0.4, 0.5) is 10.1 Å². The third-order valence-corrected chi connectivity index (χ3v) is 3.85. The molecule has 1 aromatic heterocycles. The SMILES string of the molecule is Nc1cn(-c2cccc(Cl)c2)nc1-c1ccc(F)c(Br)c1. The molecule has 0 saturated heterocycles. The lowest BCUT2D eigenvalue weighted by Crippen LogP contribution is -1.94. The maximum atomic E-state index is 13.3. The fourth-order valence-corrected chi connectivity index (χ4v) is 2.57. The average Bonchev–Trinajstić information content (AvgIpc) is 2.84. The van der Waals surface area contributed by atoms with Crippen molar-refractivity contribution in [1.82, 2.24) is 9.78 Å². The molecule has 0 fully saturated rings. The number of rotatable bonds is 2. The summed E-state index contributed by atoms with van der Waals surface area (Å²) in [7, 11) is 0. The maximum Gasteiger partial charge on any atom is 0.137 e. The predicted molar refractivity (Wildman–Crippen MR) is 86.1 cm³/mol. The number of anilines is 1. The van der Waals surface area contributed by atoms with Crippen molar-refractivity contribution in [3.63, 3.8) is 0 Å². The van der Waals surface area contributed by atoms with E-state index in [1.54, 1.807) is 35.1 Å². The van der Waals surface area contributed by atoms with E-state index in [1.807, 2.05) is 12.1 Å². The molecule has 0 unspecified atom stereocenters. The van der Waals surface area contributed by atoms with Crippen LogP contribution in [0.5, 0.6) is 0 Å². The summed E-state index contributed by atoms with van der Waals surface area (Å²) in [5.41, 5.74) is 8.66. The molecule has 2 N–H and O–H groups in total. The molecule has 0 aliphatic carbocycles. The Bertz CT molecular complexity index is 816. The van der Waals surface area contributed by atoms with E-state index in [2.05, 4.69) is 21.0 Å². The highest BCUT2D eigenvalue weighted by atomic mass is 79.9. The van der Waals surface area contributed by atoms with E-state index in [4.69, 9.17) is 17.3 Å². The summed E-state index contributed by atoms with van der Waals surface area (Å²) in [4.78, 5) is 0. The van der Waals surface area contributed by atoms with Gasteiger partial charge in [-0.15, -0.1) is 0 Å². The average molecular weight is 367 g/mol. The third kappa shape index (κ3) is 2.80. The van der Waals surface area contributed by atoms with Crippen molar-refractivity contribution < 1.29 is 4.39 Å². The highest BCUT2D eigenvalue weighted by molar-refractivity contribution is 9.10. The van der Waals surface area contributed by atoms with Crippen LogP contribution in [-0.4, -0.2) is 9.78 Å². The number of aromatic nitrogens is 2. The van der Waals surface area contributed by atoms with Crippen LogP contribution in [0.3, 0.4) is 0 Å². The van der Waals surface area contributed by atoms with Crippen LogP contribution in [-0.2, 0) is 0 Å². The Morgan fingerprint density at radius 3 is 2.71 bits per heavy atom. The lowest BCUT2D eigenvalue weighted by atomic mass is 10.1. The zero-order valence-corrected chi connectivity index (χ0v) is 13.1. The highest BCUT2D eigenvalue weighted by Gasteiger charge is 2.11. The molecular weight excluding hydrogens is 357 g/mol. The fourth-order valence-electron chi connectivity index (χ4n) is 2.01. The zero-order chi connectivity index (χ0) is 15.0. The lowest BCUT2D eigenvalue weighted by molar-refractivity contribution is 0.621. The second kappa shape index (κ2) is 5.50. The molecule has 3 nitrogen and oxygen atoms in total. The monoisotopic (exact) mass is 365 g/mol. The summed E-state index contributed by atoms with van der Waals surface area (Å²) < 4.78 is 15.3. The van der Waals surface area contributed by atoms with Crippen molar-refractivity contribution in [3.05, 3.63) is 64.0 Å². The minimum atomic E-state index is -0.327. The zero-order valence-electron chi connectivity index (χ0n) is 10.7. The van der Waals surface area contributed by atoms with E-state index < -0.39 is 0 Å². The Hall–Kier alpha value is -1.85. The lowest BCUT2D eigenvalue weighted by Gasteiger charge is -2.02. The number of nitrogens with zero attached hydrogens (tertiary/aromatic N) is 2. The van der Waals surface area contributed by atoms with Gasteiger partial charge in [-0.25, -0.2) is 9.07 Å². The van der Waals surface area contributed by atoms with Crippen molar-refractivity contribution in [1.29, 1.82) is 0 Å². The van der Waals surface area contributed by atoms with E-state index in [0.717, 1.165) is 11.3 Å². The quantitative estimate of drug-likeness (QED) is 0.716. The Kier molecular flexibility index (Phi) is 3.69. The van der Waals surface area contributed by atoms with Crippen LogP contribution in [0.25, 0.3) is 16.9 Å². The van der Waals surface area contributed by atoms with Gasteiger partial charge in [0, 0.05) is 10.6 Å². The summed E-state index contributed by atoms with van der Waals surface area (Å²) >= 11 is 9.14. The summed E-state index contributed by atoms with van der Waals surface area (Å²) in [5.74, 6) is -0.327. The molecule has 1 heterocycles.